The SMILES string of the molecule is O=C(Nc1ccc(Cl)cc1)Nc1cccc(ON2CCCC2)c1. The Kier molecular flexibility index (Phi) is 5.00. The van der Waals surface area contributed by atoms with Crippen molar-refractivity contribution in [3.63, 3.8) is 0 Å². The highest BCUT2D eigenvalue weighted by molar-refractivity contribution is 6.30. The lowest BCUT2D eigenvalue weighted by Gasteiger charge is -2.16. The molecule has 1 aliphatic rings. The molecule has 0 saturated carbocycles. The van der Waals surface area contributed by atoms with Crippen LogP contribution in [0.2, 0.25) is 5.02 Å². The fourth-order valence-electron chi connectivity index (χ4n) is 2.39. The van der Waals surface area contributed by atoms with Crippen LogP contribution in [0, 0.1) is 0 Å². The topological polar surface area (TPSA) is 53.6 Å². The standard InChI is InChI=1S/C17H18ClN3O2/c18-13-6-8-14(9-7-13)19-17(22)20-15-4-3-5-16(12-15)23-21-10-1-2-11-21/h3-9,12H,1-2,10-11H2,(H2,19,20,22). The van der Waals surface area contributed by atoms with Crippen LogP contribution in [0.3, 0.4) is 0 Å². The summed E-state index contributed by atoms with van der Waals surface area (Å²) in [6, 6.07) is 14.0. The summed E-state index contributed by atoms with van der Waals surface area (Å²) in [5, 5.41) is 8.10. The maximum atomic E-state index is 12.0. The number of hydroxylamine groups is 2. The number of benzene rings is 2. The lowest BCUT2D eigenvalue weighted by Crippen LogP contribution is -2.23. The van der Waals surface area contributed by atoms with E-state index in [9.17, 15) is 4.79 Å². The van der Waals surface area contributed by atoms with Gasteiger partial charge in [-0.05, 0) is 49.2 Å². The van der Waals surface area contributed by atoms with Crippen LogP contribution in [0.25, 0.3) is 0 Å². The Hall–Kier alpha value is -2.24. The predicted molar refractivity (Wildman–Crippen MR) is 92.0 cm³/mol. The summed E-state index contributed by atoms with van der Waals surface area (Å²) in [5.41, 5.74) is 1.35. The lowest BCUT2D eigenvalue weighted by atomic mass is 10.3. The van der Waals surface area contributed by atoms with Crippen LogP contribution in [-0.4, -0.2) is 24.2 Å². The van der Waals surface area contributed by atoms with Crippen LogP contribution in [-0.2, 0) is 0 Å². The number of nitrogens with one attached hydrogen (secondary N) is 2. The molecule has 2 amide bonds. The number of carbonyl (C=O) groups is 1. The molecule has 0 unspecified atom stereocenters. The number of nitrogens with zero attached hydrogens (tertiary/aromatic N) is 1. The zero-order chi connectivity index (χ0) is 16.1. The maximum Gasteiger partial charge on any atom is 0.323 e. The average molecular weight is 332 g/mol. The summed E-state index contributed by atoms with van der Waals surface area (Å²) in [5.74, 6) is 0.719. The van der Waals surface area contributed by atoms with Gasteiger partial charge in [-0.3, -0.25) is 0 Å². The molecule has 1 heterocycles. The number of hydrogen-bond acceptors (Lipinski definition) is 3. The van der Waals surface area contributed by atoms with Gasteiger partial charge < -0.3 is 15.5 Å². The molecule has 1 saturated heterocycles. The van der Waals surface area contributed by atoms with E-state index < -0.39 is 0 Å². The van der Waals surface area contributed by atoms with Gasteiger partial charge in [0.1, 0.15) is 5.75 Å². The molecule has 3 rings (SSSR count). The van der Waals surface area contributed by atoms with Gasteiger partial charge in [0.05, 0.1) is 0 Å². The van der Waals surface area contributed by atoms with Gasteiger partial charge in [0.15, 0.2) is 0 Å². The highest BCUT2D eigenvalue weighted by Gasteiger charge is 2.13. The molecule has 0 radical (unpaired) electrons. The van der Waals surface area contributed by atoms with E-state index in [1.165, 1.54) is 0 Å². The molecule has 0 atom stereocenters. The number of halogens is 1. The normalized spacial score (nSPS) is 14.5. The third-order valence-electron chi connectivity index (χ3n) is 3.49. The molecule has 1 fully saturated rings. The van der Waals surface area contributed by atoms with E-state index in [1.54, 1.807) is 30.3 Å². The minimum Gasteiger partial charge on any atom is -0.406 e. The third kappa shape index (κ3) is 4.61. The second kappa shape index (κ2) is 7.35. The van der Waals surface area contributed by atoms with Crippen molar-refractivity contribution < 1.29 is 9.63 Å². The van der Waals surface area contributed by atoms with Crippen molar-refractivity contribution in [2.75, 3.05) is 23.7 Å². The van der Waals surface area contributed by atoms with Gasteiger partial charge in [-0.25, -0.2) is 4.79 Å². The summed E-state index contributed by atoms with van der Waals surface area (Å²) < 4.78 is 0. The molecule has 0 spiro atoms. The molecule has 2 aromatic carbocycles. The molecule has 120 valence electrons. The minimum atomic E-state index is -0.314. The number of rotatable bonds is 4. The molecule has 0 aliphatic carbocycles. The van der Waals surface area contributed by atoms with E-state index in [4.69, 9.17) is 16.4 Å². The quantitative estimate of drug-likeness (QED) is 0.874. The Morgan fingerprint density at radius 2 is 1.70 bits per heavy atom. The van der Waals surface area contributed by atoms with E-state index in [0.29, 0.717) is 16.4 Å². The van der Waals surface area contributed by atoms with E-state index in [-0.39, 0.29) is 6.03 Å². The predicted octanol–water partition coefficient (Wildman–Crippen LogP) is 4.37. The van der Waals surface area contributed by atoms with Crippen LogP contribution >= 0.6 is 11.6 Å². The van der Waals surface area contributed by atoms with E-state index in [0.717, 1.165) is 31.7 Å². The van der Waals surface area contributed by atoms with E-state index in [2.05, 4.69) is 10.6 Å². The first kappa shape index (κ1) is 15.6. The summed E-state index contributed by atoms with van der Waals surface area (Å²) in [6.45, 7) is 1.88. The van der Waals surface area contributed by atoms with Gasteiger partial charge in [0.2, 0.25) is 0 Å². The fourth-order valence-corrected chi connectivity index (χ4v) is 2.51. The Balaban J connectivity index is 1.58. The highest BCUT2D eigenvalue weighted by atomic mass is 35.5. The van der Waals surface area contributed by atoms with Crippen LogP contribution in [0.4, 0.5) is 16.2 Å². The number of carbonyl (C=O) groups excluding carboxylic acids is 1. The molecule has 0 aromatic heterocycles. The van der Waals surface area contributed by atoms with Crippen molar-refractivity contribution >= 4 is 29.0 Å². The lowest BCUT2D eigenvalue weighted by molar-refractivity contribution is -0.0346. The second-order valence-corrected chi connectivity index (χ2v) is 5.78. The molecule has 1 aliphatic heterocycles. The van der Waals surface area contributed by atoms with Crippen molar-refractivity contribution in [1.29, 1.82) is 0 Å². The first-order chi connectivity index (χ1) is 11.2. The number of hydrogen-bond donors (Lipinski definition) is 2. The van der Waals surface area contributed by atoms with Gasteiger partial charge >= 0.3 is 6.03 Å². The zero-order valence-corrected chi connectivity index (χ0v) is 13.3. The van der Waals surface area contributed by atoms with Crippen molar-refractivity contribution in [3.8, 4) is 5.75 Å². The fraction of sp³-hybridized carbons (Fsp3) is 0.235. The Labute approximate surface area is 140 Å². The molecule has 2 N–H and O–H groups in total. The zero-order valence-electron chi connectivity index (χ0n) is 12.6. The molecule has 5 nitrogen and oxygen atoms in total. The van der Waals surface area contributed by atoms with E-state index >= 15 is 0 Å². The minimum absolute atomic E-state index is 0.314. The van der Waals surface area contributed by atoms with Crippen LogP contribution in [0.1, 0.15) is 12.8 Å². The first-order valence-electron chi connectivity index (χ1n) is 7.55. The summed E-state index contributed by atoms with van der Waals surface area (Å²) in [6.07, 6.45) is 2.31. The number of urea groups is 1. The van der Waals surface area contributed by atoms with Gasteiger partial charge in [-0.1, -0.05) is 17.7 Å². The van der Waals surface area contributed by atoms with Gasteiger partial charge in [-0.15, -0.1) is 5.06 Å². The maximum absolute atomic E-state index is 12.0. The average Bonchev–Trinajstić information content (AvgIpc) is 3.03. The van der Waals surface area contributed by atoms with E-state index in [1.807, 2.05) is 23.3 Å². The summed E-state index contributed by atoms with van der Waals surface area (Å²) >= 11 is 5.82. The van der Waals surface area contributed by atoms with Crippen LogP contribution in [0.5, 0.6) is 5.75 Å². The van der Waals surface area contributed by atoms with Gasteiger partial charge in [-0.2, -0.15) is 0 Å². The first-order valence-corrected chi connectivity index (χ1v) is 7.93. The smallest absolute Gasteiger partial charge is 0.323 e. The molecule has 2 aromatic rings. The Morgan fingerprint density at radius 1 is 1.00 bits per heavy atom. The highest BCUT2D eigenvalue weighted by Crippen LogP contribution is 2.20. The number of amides is 2. The third-order valence-corrected chi connectivity index (χ3v) is 3.75. The van der Waals surface area contributed by atoms with Crippen molar-refractivity contribution in [2.45, 2.75) is 12.8 Å². The molecule has 23 heavy (non-hydrogen) atoms. The molecular formula is C17H18ClN3O2. The largest absolute Gasteiger partial charge is 0.406 e. The number of anilines is 2. The summed E-state index contributed by atoms with van der Waals surface area (Å²) in [4.78, 5) is 17.8. The second-order valence-electron chi connectivity index (χ2n) is 5.34. The Morgan fingerprint density at radius 3 is 2.43 bits per heavy atom. The van der Waals surface area contributed by atoms with Crippen LogP contribution < -0.4 is 15.5 Å². The van der Waals surface area contributed by atoms with Gasteiger partial charge in [0.25, 0.3) is 0 Å². The van der Waals surface area contributed by atoms with Crippen LogP contribution in [0.15, 0.2) is 48.5 Å². The molecule has 6 heteroatoms. The molecule has 0 bridgehead atoms. The van der Waals surface area contributed by atoms with Crippen molar-refractivity contribution in [1.82, 2.24) is 5.06 Å². The molecular weight excluding hydrogens is 314 g/mol. The van der Waals surface area contributed by atoms with Crippen molar-refractivity contribution in [2.24, 2.45) is 0 Å². The van der Waals surface area contributed by atoms with Gasteiger partial charge in [0, 0.05) is 35.6 Å². The Bertz CT molecular complexity index is 670. The summed E-state index contributed by atoms with van der Waals surface area (Å²) in [7, 11) is 0. The van der Waals surface area contributed by atoms with Crippen molar-refractivity contribution in [3.05, 3.63) is 53.6 Å². The monoisotopic (exact) mass is 331 g/mol.